The summed E-state index contributed by atoms with van der Waals surface area (Å²) in [6.45, 7) is 1.32. The van der Waals surface area contributed by atoms with Crippen LogP contribution in [0.25, 0.3) is 0 Å². The minimum atomic E-state index is -0.369. The van der Waals surface area contributed by atoms with Gasteiger partial charge in [0.15, 0.2) is 0 Å². The van der Waals surface area contributed by atoms with Crippen LogP contribution >= 0.6 is 11.6 Å². The van der Waals surface area contributed by atoms with E-state index in [9.17, 15) is 5.11 Å². The molecule has 0 aromatic carbocycles. The minimum absolute atomic E-state index is 0.0440. The summed E-state index contributed by atoms with van der Waals surface area (Å²) in [4.78, 5) is 8.12. The van der Waals surface area contributed by atoms with E-state index < -0.39 is 0 Å². The second kappa shape index (κ2) is 4.95. The van der Waals surface area contributed by atoms with Crippen molar-refractivity contribution in [3.8, 4) is 0 Å². The van der Waals surface area contributed by atoms with Crippen LogP contribution in [0.3, 0.4) is 0 Å². The molecule has 5 nitrogen and oxygen atoms in total. The van der Waals surface area contributed by atoms with Crippen LogP contribution < -0.4 is 5.32 Å². The fraction of sp³-hybridized carbons (Fsp3) is 0.600. The Hall–Kier alpha value is -0.910. The van der Waals surface area contributed by atoms with E-state index in [-0.39, 0.29) is 12.1 Å². The third kappa shape index (κ3) is 2.61. The first-order valence-corrected chi connectivity index (χ1v) is 5.56. The molecule has 88 valence electrons. The second-order valence-corrected chi connectivity index (χ2v) is 4.34. The maximum Gasteiger partial charge on any atom is 0.223 e. The molecule has 2 heterocycles. The number of hydrogen-bond donors (Lipinski definition) is 2. The van der Waals surface area contributed by atoms with Gasteiger partial charge in [-0.1, -0.05) is 11.6 Å². The lowest BCUT2D eigenvalue weighted by molar-refractivity contribution is 0.0377. The Bertz CT molecular complexity index is 338. The van der Waals surface area contributed by atoms with Gasteiger partial charge in [0.05, 0.1) is 29.6 Å². The van der Waals surface area contributed by atoms with Crippen molar-refractivity contribution in [2.45, 2.75) is 18.4 Å². The Morgan fingerprint density at radius 2 is 2.00 bits per heavy atom. The van der Waals surface area contributed by atoms with Gasteiger partial charge in [-0.2, -0.15) is 0 Å². The summed E-state index contributed by atoms with van der Waals surface area (Å²) in [7, 11) is 0. The topological polar surface area (TPSA) is 67.3 Å². The standard InChI is InChI=1S/C10H14ClN3O2/c11-8-5-12-9(13-6-8)14-10(7-15)1-3-16-4-2-10/h5-6,15H,1-4,7H2,(H,12,13,14). The fourth-order valence-corrected chi connectivity index (χ4v) is 1.80. The van der Waals surface area contributed by atoms with Crippen molar-refractivity contribution in [3.05, 3.63) is 17.4 Å². The van der Waals surface area contributed by atoms with Crippen LogP contribution in [-0.4, -0.2) is 40.4 Å². The first-order valence-electron chi connectivity index (χ1n) is 5.18. The van der Waals surface area contributed by atoms with E-state index in [1.165, 1.54) is 12.4 Å². The summed E-state index contributed by atoms with van der Waals surface area (Å²) < 4.78 is 5.27. The molecule has 0 atom stereocenters. The number of hydrogen-bond acceptors (Lipinski definition) is 5. The van der Waals surface area contributed by atoms with Gasteiger partial charge >= 0.3 is 0 Å². The fourth-order valence-electron chi connectivity index (χ4n) is 1.70. The molecule has 0 radical (unpaired) electrons. The van der Waals surface area contributed by atoms with E-state index in [0.717, 1.165) is 12.8 Å². The molecule has 1 aromatic heterocycles. The third-order valence-corrected chi connectivity index (χ3v) is 2.95. The Kier molecular flexibility index (Phi) is 3.58. The zero-order chi connectivity index (χ0) is 11.4. The normalized spacial score (nSPS) is 19.4. The van der Waals surface area contributed by atoms with Gasteiger partial charge in [-0.25, -0.2) is 9.97 Å². The highest BCUT2D eigenvalue weighted by Crippen LogP contribution is 2.24. The van der Waals surface area contributed by atoms with Gasteiger partial charge in [0.1, 0.15) is 0 Å². The number of nitrogens with zero attached hydrogens (tertiary/aromatic N) is 2. The first-order chi connectivity index (χ1) is 7.74. The number of anilines is 1. The highest BCUT2D eigenvalue weighted by Gasteiger charge is 2.32. The van der Waals surface area contributed by atoms with Gasteiger partial charge in [0.25, 0.3) is 0 Å². The van der Waals surface area contributed by atoms with Crippen LogP contribution in [0, 0.1) is 0 Å². The van der Waals surface area contributed by atoms with Crippen molar-refractivity contribution in [3.63, 3.8) is 0 Å². The number of aromatic nitrogens is 2. The van der Waals surface area contributed by atoms with Gasteiger partial charge < -0.3 is 15.2 Å². The summed E-state index contributed by atoms with van der Waals surface area (Å²) in [5.74, 6) is 0.486. The molecule has 0 unspecified atom stereocenters. The molecule has 2 rings (SSSR count). The molecular weight excluding hydrogens is 230 g/mol. The minimum Gasteiger partial charge on any atom is -0.394 e. The van der Waals surface area contributed by atoms with E-state index >= 15 is 0 Å². The van der Waals surface area contributed by atoms with Crippen molar-refractivity contribution in [2.75, 3.05) is 25.1 Å². The van der Waals surface area contributed by atoms with E-state index in [1.807, 2.05) is 0 Å². The molecular formula is C10H14ClN3O2. The molecule has 16 heavy (non-hydrogen) atoms. The second-order valence-electron chi connectivity index (χ2n) is 3.90. The van der Waals surface area contributed by atoms with Crippen molar-refractivity contribution in [1.82, 2.24) is 9.97 Å². The number of aliphatic hydroxyl groups is 1. The molecule has 0 aliphatic carbocycles. The highest BCUT2D eigenvalue weighted by atomic mass is 35.5. The Labute approximate surface area is 98.8 Å². The maximum absolute atomic E-state index is 9.46. The van der Waals surface area contributed by atoms with Crippen LogP contribution in [0.1, 0.15) is 12.8 Å². The molecule has 1 aliphatic rings. The monoisotopic (exact) mass is 243 g/mol. The lowest BCUT2D eigenvalue weighted by Crippen LogP contribution is -2.47. The van der Waals surface area contributed by atoms with Gasteiger partial charge in [-0.05, 0) is 12.8 Å². The molecule has 0 spiro atoms. The van der Waals surface area contributed by atoms with Crippen LogP contribution in [0.4, 0.5) is 5.95 Å². The molecule has 6 heteroatoms. The Morgan fingerprint density at radius 1 is 1.38 bits per heavy atom. The van der Waals surface area contributed by atoms with Crippen molar-refractivity contribution in [2.24, 2.45) is 0 Å². The van der Waals surface area contributed by atoms with Gasteiger partial charge in [0, 0.05) is 13.2 Å². The summed E-state index contributed by atoms with van der Waals surface area (Å²) >= 11 is 5.70. The predicted molar refractivity (Wildman–Crippen MR) is 60.5 cm³/mol. The largest absolute Gasteiger partial charge is 0.394 e. The average molecular weight is 244 g/mol. The van der Waals surface area contributed by atoms with E-state index in [4.69, 9.17) is 16.3 Å². The predicted octanol–water partition coefficient (Wildman–Crippen LogP) is 1.08. The zero-order valence-corrected chi connectivity index (χ0v) is 9.57. The Balaban J connectivity index is 2.08. The van der Waals surface area contributed by atoms with Crippen LogP contribution in [-0.2, 0) is 4.74 Å². The number of aliphatic hydroxyl groups excluding tert-OH is 1. The van der Waals surface area contributed by atoms with E-state index in [2.05, 4.69) is 15.3 Å². The van der Waals surface area contributed by atoms with Crippen molar-refractivity contribution >= 4 is 17.5 Å². The van der Waals surface area contributed by atoms with Crippen LogP contribution in [0.5, 0.6) is 0 Å². The SMILES string of the molecule is OCC1(Nc2ncc(Cl)cn2)CCOCC1. The quantitative estimate of drug-likeness (QED) is 0.832. The number of nitrogens with one attached hydrogen (secondary N) is 1. The smallest absolute Gasteiger partial charge is 0.223 e. The molecule has 1 aromatic rings. The number of halogens is 1. The summed E-state index contributed by atoms with van der Waals surface area (Å²) in [5.41, 5.74) is -0.369. The third-order valence-electron chi connectivity index (χ3n) is 2.75. The van der Waals surface area contributed by atoms with Gasteiger partial charge in [-0.15, -0.1) is 0 Å². The molecule has 1 fully saturated rings. The maximum atomic E-state index is 9.46. The molecule has 0 saturated carbocycles. The van der Waals surface area contributed by atoms with E-state index in [1.54, 1.807) is 0 Å². The molecule has 0 bridgehead atoms. The zero-order valence-electron chi connectivity index (χ0n) is 8.82. The summed E-state index contributed by atoms with van der Waals surface area (Å²) in [5, 5.41) is 13.1. The molecule has 0 amide bonds. The Morgan fingerprint density at radius 3 is 2.56 bits per heavy atom. The summed E-state index contributed by atoms with van der Waals surface area (Å²) in [6.07, 6.45) is 4.55. The van der Waals surface area contributed by atoms with Gasteiger partial charge in [0.2, 0.25) is 5.95 Å². The first kappa shape index (κ1) is 11.6. The van der Waals surface area contributed by atoms with Gasteiger partial charge in [-0.3, -0.25) is 0 Å². The van der Waals surface area contributed by atoms with Crippen molar-refractivity contribution in [1.29, 1.82) is 0 Å². The highest BCUT2D eigenvalue weighted by molar-refractivity contribution is 6.30. The molecule has 1 saturated heterocycles. The number of rotatable bonds is 3. The lowest BCUT2D eigenvalue weighted by Gasteiger charge is -2.36. The molecule has 2 N–H and O–H groups in total. The lowest BCUT2D eigenvalue weighted by atomic mass is 9.91. The molecule has 1 aliphatic heterocycles. The van der Waals surface area contributed by atoms with Crippen molar-refractivity contribution < 1.29 is 9.84 Å². The van der Waals surface area contributed by atoms with Crippen LogP contribution in [0.15, 0.2) is 12.4 Å². The average Bonchev–Trinajstić information content (AvgIpc) is 2.33. The summed E-state index contributed by atoms with van der Waals surface area (Å²) in [6, 6.07) is 0. The van der Waals surface area contributed by atoms with E-state index in [0.29, 0.717) is 24.2 Å². The van der Waals surface area contributed by atoms with Crippen LogP contribution in [0.2, 0.25) is 5.02 Å². The number of ether oxygens (including phenoxy) is 1.